The second-order valence-corrected chi connectivity index (χ2v) is 7.80. The Bertz CT molecular complexity index is 548. The molecule has 1 saturated carbocycles. The van der Waals surface area contributed by atoms with Crippen molar-refractivity contribution < 1.29 is 0 Å². The summed E-state index contributed by atoms with van der Waals surface area (Å²) in [5.41, 5.74) is 1.21. The van der Waals surface area contributed by atoms with Gasteiger partial charge in [-0.05, 0) is 52.6 Å². The lowest BCUT2D eigenvalue weighted by molar-refractivity contribution is 0.293. The van der Waals surface area contributed by atoms with Crippen LogP contribution in [-0.4, -0.2) is 53.9 Å². The van der Waals surface area contributed by atoms with Crippen LogP contribution in [0.4, 0.5) is 0 Å². The molecular formula is C20H39IN6. The zero-order chi connectivity index (χ0) is 18.9. The van der Waals surface area contributed by atoms with E-state index in [9.17, 15) is 0 Å². The number of hydrogen-bond donors (Lipinski definition) is 2. The van der Waals surface area contributed by atoms with E-state index in [4.69, 9.17) is 4.99 Å². The molecule has 27 heavy (non-hydrogen) atoms. The average Bonchev–Trinajstić information content (AvgIpc) is 3.03. The number of nitrogens with zero attached hydrogens (tertiary/aromatic N) is 4. The molecule has 0 bridgehead atoms. The van der Waals surface area contributed by atoms with Crippen molar-refractivity contribution in [1.29, 1.82) is 0 Å². The average molecular weight is 490 g/mol. The van der Waals surface area contributed by atoms with E-state index in [-0.39, 0.29) is 30.0 Å². The second kappa shape index (κ2) is 12.6. The summed E-state index contributed by atoms with van der Waals surface area (Å²) in [5.74, 6) is 1.88. The summed E-state index contributed by atoms with van der Waals surface area (Å²) in [6, 6.07) is 0.788. The Morgan fingerprint density at radius 1 is 1.30 bits per heavy atom. The number of aryl methyl sites for hydroxylation is 1. The van der Waals surface area contributed by atoms with Gasteiger partial charge in [0.15, 0.2) is 5.96 Å². The normalized spacial score (nSPS) is 21.6. The van der Waals surface area contributed by atoms with Crippen LogP contribution >= 0.6 is 24.0 Å². The van der Waals surface area contributed by atoms with Crippen LogP contribution in [0.15, 0.2) is 17.4 Å². The minimum atomic E-state index is 0. The Kier molecular flexibility index (Phi) is 11.3. The Morgan fingerprint density at radius 2 is 2.00 bits per heavy atom. The molecule has 2 N–H and O–H groups in total. The molecule has 1 aliphatic rings. The Hall–Kier alpha value is -0.830. The zero-order valence-electron chi connectivity index (χ0n) is 17.7. The van der Waals surface area contributed by atoms with Gasteiger partial charge in [-0.1, -0.05) is 19.8 Å². The summed E-state index contributed by atoms with van der Waals surface area (Å²) in [4.78, 5) is 7.09. The molecule has 1 heterocycles. The molecule has 0 aromatic carbocycles. The molecular weight excluding hydrogens is 451 g/mol. The standard InChI is InChI=1S/C20H38N6.HI/c1-6-8-16-9-11-18(12-10-16)24-20(21-7-2)22-14-19(25(3)4)17-13-23-26(5)15-17;/h13,15-16,18-19H,6-12,14H2,1-5H3,(H2,21,22,24);1H. The monoisotopic (exact) mass is 490 g/mol. The first-order valence-electron chi connectivity index (χ1n) is 10.2. The summed E-state index contributed by atoms with van der Waals surface area (Å²) < 4.78 is 1.85. The third kappa shape index (κ3) is 7.97. The molecule has 1 aromatic heterocycles. The van der Waals surface area contributed by atoms with Gasteiger partial charge in [-0.2, -0.15) is 5.10 Å². The highest BCUT2D eigenvalue weighted by Gasteiger charge is 2.21. The predicted octanol–water partition coefficient (Wildman–Crippen LogP) is 3.55. The van der Waals surface area contributed by atoms with Gasteiger partial charge in [0.1, 0.15) is 0 Å². The number of likely N-dealkylation sites (N-methyl/N-ethyl adjacent to an activating group) is 1. The van der Waals surface area contributed by atoms with E-state index in [1.165, 1.54) is 44.1 Å². The molecule has 0 spiro atoms. The van der Waals surface area contributed by atoms with Gasteiger partial charge in [-0.3, -0.25) is 9.67 Å². The largest absolute Gasteiger partial charge is 0.357 e. The number of halogens is 1. The lowest BCUT2D eigenvalue weighted by Gasteiger charge is -2.30. The number of aromatic nitrogens is 2. The smallest absolute Gasteiger partial charge is 0.191 e. The van der Waals surface area contributed by atoms with Gasteiger partial charge < -0.3 is 15.5 Å². The predicted molar refractivity (Wildman–Crippen MR) is 125 cm³/mol. The van der Waals surface area contributed by atoms with Crippen LogP contribution in [0.2, 0.25) is 0 Å². The fourth-order valence-corrected chi connectivity index (χ4v) is 3.87. The molecule has 0 amide bonds. The lowest BCUT2D eigenvalue weighted by Crippen LogP contribution is -2.45. The quantitative estimate of drug-likeness (QED) is 0.333. The highest BCUT2D eigenvalue weighted by molar-refractivity contribution is 14.0. The fourth-order valence-electron chi connectivity index (χ4n) is 3.87. The minimum absolute atomic E-state index is 0. The number of guanidine groups is 1. The molecule has 1 aromatic rings. The number of nitrogens with one attached hydrogen (secondary N) is 2. The van der Waals surface area contributed by atoms with E-state index in [0.29, 0.717) is 6.04 Å². The number of aliphatic imine (C=N–C) groups is 1. The van der Waals surface area contributed by atoms with Crippen molar-refractivity contribution in [1.82, 2.24) is 25.3 Å². The van der Waals surface area contributed by atoms with Crippen LogP contribution in [0, 0.1) is 5.92 Å². The summed E-state index contributed by atoms with van der Waals surface area (Å²) in [5, 5.41) is 11.4. The van der Waals surface area contributed by atoms with E-state index in [2.05, 4.69) is 54.8 Å². The maximum absolute atomic E-state index is 4.89. The van der Waals surface area contributed by atoms with Crippen LogP contribution in [0.3, 0.4) is 0 Å². The van der Waals surface area contributed by atoms with Gasteiger partial charge in [-0.15, -0.1) is 24.0 Å². The Labute approximate surface area is 182 Å². The first-order valence-corrected chi connectivity index (χ1v) is 10.2. The first-order chi connectivity index (χ1) is 12.5. The third-order valence-electron chi connectivity index (χ3n) is 5.38. The summed E-state index contributed by atoms with van der Waals surface area (Å²) in [7, 11) is 6.16. The van der Waals surface area contributed by atoms with Crippen molar-refractivity contribution in [2.45, 2.75) is 64.5 Å². The lowest BCUT2D eigenvalue weighted by atomic mass is 9.83. The molecule has 1 unspecified atom stereocenters. The van der Waals surface area contributed by atoms with Crippen molar-refractivity contribution >= 4 is 29.9 Å². The van der Waals surface area contributed by atoms with E-state index in [1.807, 2.05) is 17.9 Å². The summed E-state index contributed by atoms with van der Waals surface area (Å²) in [6.45, 7) is 6.03. The van der Waals surface area contributed by atoms with Crippen LogP contribution in [0.5, 0.6) is 0 Å². The van der Waals surface area contributed by atoms with Crippen molar-refractivity contribution in [3.8, 4) is 0 Å². The SMILES string of the molecule is CCCC1CCC(NC(=NCC(c2cnn(C)c2)N(C)C)NCC)CC1.I. The summed E-state index contributed by atoms with van der Waals surface area (Å²) in [6.07, 6.45) is 11.9. The zero-order valence-corrected chi connectivity index (χ0v) is 20.1. The molecule has 7 heteroatoms. The first kappa shape index (κ1) is 24.2. The van der Waals surface area contributed by atoms with Gasteiger partial charge >= 0.3 is 0 Å². The molecule has 156 valence electrons. The topological polar surface area (TPSA) is 57.5 Å². The number of hydrogen-bond acceptors (Lipinski definition) is 3. The number of rotatable bonds is 8. The van der Waals surface area contributed by atoms with Crippen molar-refractivity contribution in [3.63, 3.8) is 0 Å². The van der Waals surface area contributed by atoms with Crippen molar-refractivity contribution in [3.05, 3.63) is 18.0 Å². The highest BCUT2D eigenvalue weighted by Crippen LogP contribution is 2.27. The van der Waals surface area contributed by atoms with Gasteiger partial charge in [0.05, 0.1) is 18.8 Å². The molecule has 2 rings (SSSR count). The highest BCUT2D eigenvalue weighted by atomic mass is 127. The van der Waals surface area contributed by atoms with Crippen molar-refractivity contribution in [2.24, 2.45) is 18.0 Å². The van der Waals surface area contributed by atoms with Gasteiger partial charge in [0.25, 0.3) is 0 Å². The van der Waals surface area contributed by atoms with E-state index in [0.717, 1.165) is 25.0 Å². The van der Waals surface area contributed by atoms with Crippen LogP contribution in [-0.2, 0) is 7.05 Å². The molecule has 1 aliphatic carbocycles. The molecule has 1 fully saturated rings. The van der Waals surface area contributed by atoms with E-state index in [1.54, 1.807) is 0 Å². The molecule has 6 nitrogen and oxygen atoms in total. The maximum Gasteiger partial charge on any atom is 0.191 e. The van der Waals surface area contributed by atoms with Gasteiger partial charge in [0.2, 0.25) is 0 Å². The maximum atomic E-state index is 4.89. The van der Waals surface area contributed by atoms with Crippen LogP contribution < -0.4 is 10.6 Å². The third-order valence-corrected chi connectivity index (χ3v) is 5.38. The molecule has 0 aliphatic heterocycles. The van der Waals surface area contributed by atoms with E-state index >= 15 is 0 Å². The van der Waals surface area contributed by atoms with E-state index < -0.39 is 0 Å². The Morgan fingerprint density at radius 3 is 2.52 bits per heavy atom. The van der Waals surface area contributed by atoms with Crippen LogP contribution in [0.1, 0.15) is 64.0 Å². The Balaban J connectivity index is 0.00000364. The van der Waals surface area contributed by atoms with Crippen LogP contribution in [0.25, 0.3) is 0 Å². The van der Waals surface area contributed by atoms with Gasteiger partial charge in [-0.25, -0.2) is 0 Å². The minimum Gasteiger partial charge on any atom is -0.357 e. The fraction of sp³-hybridized carbons (Fsp3) is 0.800. The molecule has 0 saturated heterocycles. The summed E-state index contributed by atoms with van der Waals surface area (Å²) >= 11 is 0. The molecule has 1 atom stereocenters. The molecule has 0 radical (unpaired) electrons. The van der Waals surface area contributed by atoms with Gasteiger partial charge in [0, 0.05) is 31.4 Å². The second-order valence-electron chi connectivity index (χ2n) is 7.80. The van der Waals surface area contributed by atoms with Crippen molar-refractivity contribution in [2.75, 3.05) is 27.2 Å².